The van der Waals surface area contributed by atoms with Crippen molar-refractivity contribution in [2.24, 2.45) is 0 Å². The second-order valence-corrected chi connectivity index (χ2v) is 6.99. The van der Waals surface area contributed by atoms with Crippen molar-refractivity contribution in [3.8, 4) is 11.5 Å². The number of ether oxygens (including phenoxy) is 2. The van der Waals surface area contributed by atoms with Gasteiger partial charge in [0.25, 0.3) is 5.09 Å². The van der Waals surface area contributed by atoms with Gasteiger partial charge in [0.2, 0.25) is 0 Å². The molecule has 3 aromatic rings. The van der Waals surface area contributed by atoms with Crippen LogP contribution < -0.4 is 10.4 Å². The molecule has 10 nitrogen and oxygen atoms in total. The van der Waals surface area contributed by atoms with Gasteiger partial charge in [0.15, 0.2) is 0 Å². The van der Waals surface area contributed by atoms with Crippen molar-refractivity contribution in [1.82, 2.24) is 0 Å². The lowest BCUT2D eigenvalue weighted by Gasteiger charge is -2.23. The van der Waals surface area contributed by atoms with Gasteiger partial charge in [-0.3, -0.25) is 4.79 Å². The zero-order valence-corrected chi connectivity index (χ0v) is 16.5. The van der Waals surface area contributed by atoms with Crippen LogP contribution in [0.5, 0.6) is 11.5 Å². The third-order valence-corrected chi connectivity index (χ3v) is 4.75. The van der Waals surface area contributed by atoms with E-state index in [0.29, 0.717) is 22.1 Å². The fourth-order valence-electron chi connectivity index (χ4n) is 3.05. The number of carbonyl (C=O) groups excluding carboxylic acids is 1. The van der Waals surface area contributed by atoms with E-state index in [4.69, 9.17) is 13.9 Å². The molecule has 0 aliphatic rings. The Bertz CT molecular complexity index is 1200. The summed E-state index contributed by atoms with van der Waals surface area (Å²) in [7, 11) is 1.48. The fraction of sp³-hybridized carbons (Fsp3) is 0.300. The van der Waals surface area contributed by atoms with Crippen LogP contribution in [0.3, 0.4) is 0 Å². The van der Waals surface area contributed by atoms with Crippen molar-refractivity contribution in [3.63, 3.8) is 0 Å². The quantitative estimate of drug-likeness (QED) is 0.153. The van der Waals surface area contributed by atoms with Gasteiger partial charge in [-0.25, -0.2) is 4.79 Å². The van der Waals surface area contributed by atoms with E-state index in [2.05, 4.69) is 4.84 Å². The lowest BCUT2D eigenvalue weighted by atomic mass is 9.84. The second kappa shape index (κ2) is 7.90. The number of hydrogen-bond donors (Lipinski definition) is 1. The van der Waals surface area contributed by atoms with Crippen molar-refractivity contribution in [1.29, 1.82) is 0 Å². The summed E-state index contributed by atoms with van der Waals surface area (Å²) in [5, 5.41) is 20.9. The number of rotatable bonds is 7. The summed E-state index contributed by atoms with van der Waals surface area (Å²) in [6.07, 6.45) is 0. The van der Waals surface area contributed by atoms with Gasteiger partial charge in [0.05, 0.1) is 23.3 Å². The zero-order valence-electron chi connectivity index (χ0n) is 16.5. The van der Waals surface area contributed by atoms with E-state index in [0.717, 1.165) is 0 Å². The van der Waals surface area contributed by atoms with Crippen LogP contribution in [0.25, 0.3) is 21.7 Å². The molecule has 0 atom stereocenters. The number of fused-ring (bicyclic) bond motifs is 3. The number of nitrogens with zero attached hydrogens (tertiary/aromatic N) is 1. The molecule has 1 N–H and O–H groups in total. The molecule has 0 radical (unpaired) electrons. The average molecular weight is 417 g/mol. The van der Waals surface area contributed by atoms with Gasteiger partial charge >= 0.3 is 11.6 Å². The van der Waals surface area contributed by atoms with Crippen molar-refractivity contribution in [2.75, 3.05) is 20.3 Å². The Labute approximate surface area is 169 Å². The predicted octanol–water partition coefficient (Wildman–Crippen LogP) is 2.69. The van der Waals surface area contributed by atoms with Crippen molar-refractivity contribution in [3.05, 3.63) is 56.4 Å². The smallest absolute Gasteiger partial charge is 0.344 e. The largest absolute Gasteiger partial charge is 0.507 e. The average Bonchev–Trinajstić information content (AvgIpc) is 2.69. The van der Waals surface area contributed by atoms with E-state index in [1.807, 2.05) is 0 Å². The summed E-state index contributed by atoms with van der Waals surface area (Å²) in [5.41, 5.74) is -1.43. The highest BCUT2D eigenvalue weighted by Crippen LogP contribution is 2.37. The molecule has 0 unspecified atom stereocenters. The van der Waals surface area contributed by atoms with Gasteiger partial charge in [-0.05, 0) is 49.7 Å². The molecule has 158 valence electrons. The van der Waals surface area contributed by atoms with E-state index in [-0.39, 0.29) is 23.3 Å². The first-order chi connectivity index (χ1) is 14.1. The van der Waals surface area contributed by atoms with E-state index in [1.54, 1.807) is 32.0 Å². The van der Waals surface area contributed by atoms with Crippen molar-refractivity contribution < 1.29 is 33.7 Å². The number of carbonyl (C=O) groups is 1. The van der Waals surface area contributed by atoms with Gasteiger partial charge in [-0.15, -0.1) is 10.1 Å². The number of phenols is 1. The first kappa shape index (κ1) is 20.9. The predicted molar refractivity (Wildman–Crippen MR) is 105 cm³/mol. The molecule has 0 saturated carbocycles. The first-order valence-corrected chi connectivity index (χ1v) is 8.87. The van der Waals surface area contributed by atoms with Crippen LogP contribution in [0, 0.1) is 10.1 Å². The number of benzene rings is 2. The maximum Gasteiger partial charge on any atom is 0.344 e. The second-order valence-electron chi connectivity index (χ2n) is 6.99. The summed E-state index contributed by atoms with van der Waals surface area (Å²) in [6.45, 7) is 2.38. The Morgan fingerprint density at radius 2 is 1.93 bits per heavy atom. The molecule has 0 amide bonds. The number of esters is 1. The number of phenolic OH excluding ortho intramolecular Hbond substituents is 1. The van der Waals surface area contributed by atoms with E-state index >= 15 is 0 Å². The molecule has 2 aromatic carbocycles. The molecule has 10 heteroatoms. The lowest BCUT2D eigenvalue weighted by molar-refractivity contribution is -0.757. The minimum absolute atomic E-state index is 0.0910. The zero-order chi connectivity index (χ0) is 22.1. The Hall–Kier alpha value is -3.82. The highest BCUT2D eigenvalue weighted by Gasteiger charge is 2.33. The summed E-state index contributed by atoms with van der Waals surface area (Å²) in [6, 6.07) is 7.63. The molecule has 0 bridgehead atoms. The van der Waals surface area contributed by atoms with Gasteiger partial charge in [0.1, 0.15) is 30.3 Å². The lowest BCUT2D eigenvalue weighted by Crippen LogP contribution is -2.32. The molecule has 0 spiro atoms. The maximum atomic E-state index is 12.5. The molecular formula is C20H19NO9. The van der Waals surface area contributed by atoms with Gasteiger partial charge < -0.3 is 23.8 Å². The normalized spacial score (nSPS) is 11.4. The first-order valence-electron chi connectivity index (χ1n) is 8.87. The highest BCUT2D eigenvalue weighted by atomic mass is 17.0. The molecule has 0 fully saturated rings. The number of methoxy groups -OCH3 is 1. The van der Waals surface area contributed by atoms with Crippen LogP contribution >= 0.6 is 0 Å². The molecule has 1 heterocycles. The minimum atomic E-state index is -1.25. The van der Waals surface area contributed by atoms with Crippen LogP contribution in [-0.4, -0.2) is 36.5 Å². The minimum Gasteiger partial charge on any atom is -0.507 e. The van der Waals surface area contributed by atoms with E-state index in [1.165, 1.54) is 19.2 Å². The van der Waals surface area contributed by atoms with Crippen LogP contribution in [0.4, 0.5) is 0 Å². The Morgan fingerprint density at radius 1 is 1.20 bits per heavy atom. The molecule has 3 rings (SSSR count). The summed E-state index contributed by atoms with van der Waals surface area (Å²) >= 11 is 0. The topological polar surface area (TPSA) is 138 Å². The molecule has 1 aromatic heterocycles. The molecular weight excluding hydrogens is 398 g/mol. The molecule has 30 heavy (non-hydrogen) atoms. The Morgan fingerprint density at radius 3 is 2.60 bits per heavy atom. The monoisotopic (exact) mass is 417 g/mol. The summed E-state index contributed by atoms with van der Waals surface area (Å²) in [4.78, 5) is 39.1. The Balaban J connectivity index is 2.03. The third-order valence-electron chi connectivity index (χ3n) is 4.75. The third kappa shape index (κ3) is 3.84. The van der Waals surface area contributed by atoms with Crippen LogP contribution in [0.15, 0.2) is 39.5 Å². The number of aromatic hydroxyl groups is 1. The van der Waals surface area contributed by atoms with Gasteiger partial charge in [0, 0.05) is 5.39 Å². The standard InChI is InChI=1S/C20H19NO9/c1-20(2,19(24)28-6-7-29-21(25)26)11-8-15(22)17-14-10-12(27-3)4-5-13(14)18(23)30-16(17)9-11/h4-5,8-10,22H,6-7H2,1-3H3. The summed E-state index contributed by atoms with van der Waals surface area (Å²) in [5.74, 6) is -0.390. The SMILES string of the molecule is COc1ccc2c(=O)oc3cc(C(C)(C)C(=O)OCCO[N+](=O)[O-])cc(O)c3c2c1. The molecule has 0 saturated heterocycles. The fourth-order valence-corrected chi connectivity index (χ4v) is 3.05. The van der Waals surface area contributed by atoms with Crippen LogP contribution in [0.2, 0.25) is 0 Å². The molecule has 0 aliphatic heterocycles. The van der Waals surface area contributed by atoms with E-state index < -0.39 is 28.7 Å². The maximum absolute atomic E-state index is 12.5. The number of hydrogen-bond acceptors (Lipinski definition) is 9. The van der Waals surface area contributed by atoms with Crippen molar-refractivity contribution in [2.45, 2.75) is 19.3 Å². The van der Waals surface area contributed by atoms with Crippen molar-refractivity contribution >= 4 is 27.7 Å². The van der Waals surface area contributed by atoms with Crippen LogP contribution in [0.1, 0.15) is 19.4 Å². The Kier molecular flexibility index (Phi) is 5.50. The van der Waals surface area contributed by atoms with Crippen LogP contribution in [-0.2, 0) is 19.8 Å². The van der Waals surface area contributed by atoms with Gasteiger partial charge in [-0.1, -0.05) is 0 Å². The van der Waals surface area contributed by atoms with E-state index in [9.17, 15) is 24.8 Å². The van der Waals surface area contributed by atoms with Gasteiger partial charge in [-0.2, -0.15) is 0 Å². The molecule has 0 aliphatic carbocycles. The highest BCUT2D eigenvalue weighted by molar-refractivity contribution is 6.08. The summed E-state index contributed by atoms with van der Waals surface area (Å²) < 4.78 is 15.6.